The number of hydrogen-bond acceptors (Lipinski definition) is 4. The summed E-state index contributed by atoms with van der Waals surface area (Å²) in [6.45, 7) is 10.2. The first-order valence-electron chi connectivity index (χ1n) is 7.75. The molecule has 0 aliphatic heterocycles. The molecule has 21 heavy (non-hydrogen) atoms. The molecule has 0 radical (unpaired) electrons. The van der Waals surface area contributed by atoms with Gasteiger partial charge in [0, 0.05) is 24.8 Å². The number of rotatable bonds is 11. The van der Waals surface area contributed by atoms with Gasteiger partial charge in [-0.2, -0.15) is 0 Å². The van der Waals surface area contributed by atoms with Crippen LogP contribution in [0, 0.1) is 5.92 Å². The van der Waals surface area contributed by atoms with Crippen LogP contribution in [0.2, 0.25) is 0 Å². The topological polar surface area (TPSA) is 39.7 Å². The third-order valence-electron chi connectivity index (χ3n) is 2.95. The van der Waals surface area contributed by atoms with Crippen LogP contribution < -0.4 is 14.8 Å². The molecule has 120 valence electrons. The van der Waals surface area contributed by atoms with Crippen molar-refractivity contribution in [3.05, 3.63) is 23.8 Å². The minimum absolute atomic E-state index is 0.552. The Morgan fingerprint density at radius 1 is 1.19 bits per heavy atom. The predicted molar refractivity (Wildman–Crippen MR) is 86.1 cm³/mol. The molecule has 0 atom stereocenters. The summed E-state index contributed by atoms with van der Waals surface area (Å²) >= 11 is 0. The van der Waals surface area contributed by atoms with Crippen LogP contribution in [0.15, 0.2) is 18.2 Å². The van der Waals surface area contributed by atoms with Gasteiger partial charge in [0.05, 0.1) is 13.7 Å². The van der Waals surface area contributed by atoms with Crippen LogP contribution in [0.25, 0.3) is 0 Å². The van der Waals surface area contributed by atoms with Gasteiger partial charge < -0.3 is 19.5 Å². The lowest BCUT2D eigenvalue weighted by Gasteiger charge is -2.14. The van der Waals surface area contributed by atoms with Crippen molar-refractivity contribution in [3.63, 3.8) is 0 Å². The van der Waals surface area contributed by atoms with Crippen LogP contribution in [0.4, 0.5) is 0 Å². The lowest BCUT2D eigenvalue weighted by Crippen LogP contribution is -2.16. The van der Waals surface area contributed by atoms with E-state index in [1.165, 1.54) is 0 Å². The third-order valence-corrected chi connectivity index (χ3v) is 2.95. The molecule has 1 rings (SSSR count). The highest BCUT2D eigenvalue weighted by Gasteiger charge is 2.06. The molecule has 4 heteroatoms. The maximum atomic E-state index is 5.85. The second kappa shape index (κ2) is 10.5. The van der Waals surface area contributed by atoms with E-state index in [1.54, 1.807) is 7.11 Å². The van der Waals surface area contributed by atoms with Crippen LogP contribution in [0.1, 0.15) is 32.8 Å². The average Bonchev–Trinajstić information content (AvgIpc) is 2.48. The molecule has 0 aliphatic rings. The number of nitrogens with one attached hydrogen (secondary N) is 1. The minimum Gasteiger partial charge on any atom is -0.497 e. The lowest BCUT2D eigenvalue weighted by molar-refractivity contribution is 0.0815. The zero-order valence-corrected chi connectivity index (χ0v) is 13.8. The maximum absolute atomic E-state index is 5.85. The molecule has 0 bridgehead atoms. The van der Waals surface area contributed by atoms with Crippen molar-refractivity contribution in [1.29, 1.82) is 0 Å². The predicted octanol–water partition coefficient (Wildman–Crippen LogP) is 3.25. The van der Waals surface area contributed by atoms with E-state index in [2.05, 4.69) is 26.1 Å². The van der Waals surface area contributed by atoms with E-state index < -0.39 is 0 Å². The van der Waals surface area contributed by atoms with Crippen molar-refractivity contribution < 1.29 is 14.2 Å². The van der Waals surface area contributed by atoms with E-state index in [0.29, 0.717) is 19.1 Å². The monoisotopic (exact) mass is 295 g/mol. The van der Waals surface area contributed by atoms with Crippen molar-refractivity contribution in [2.24, 2.45) is 5.92 Å². The van der Waals surface area contributed by atoms with Gasteiger partial charge in [-0.25, -0.2) is 0 Å². The minimum atomic E-state index is 0.552. The first-order valence-corrected chi connectivity index (χ1v) is 7.75. The van der Waals surface area contributed by atoms with Crippen molar-refractivity contribution >= 4 is 0 Å². The first-order chi connectivity index (χ1) is 10.2. The fraction of sp³-hybridized carbons (Fsp3) is 0.647. The number of hydrogen-bond donors (Lipinski definition) is 1. The Bertz CT molecular complexity index is 394. The Morgan fingerprint density at radius 3 is 2.67 bits per heavy atom. The van der Waals surface area contributed by atoms with Gasteiger partial charge in [0.2, 0.25) is 0 Å². The van der Waals surface area contributed by atoms with E-state index >= 15 is 0 Å². The van der Waals surface area contributed by atoms with Crippen LogP contribution in [0.3, 0.4) is 0 Å². The van der Waals surface area contributed by atoms with E-state index in [-0.39, 0.29) is 0 Å². The molecule has 1 aromatic rings. The highest BCUT2D eigenvalue weighted by atomic mass is 16.5. The van der Waals surface area contributed by atoms with E-state index in [4.69, 9.17) is 14.2 Å². The molecule has 0 heterocycles. The quantitative estimate of drug-likeness (QED) is 0.636. The molecule has 0 unspecified atom stereocenters. The molecule has 0 aromatic heterocycles. The zero-order valence-electron chi connectivity index (χ0n) is 13.8. The highest BCUT2D eigenvalue weighted by molar-refractivity contribution is 5.40. The standard InChI is InChI=1S/C17H29NO3/c1-5-8-18-12-15-6-7-16(19-4)11-17(15)21-10-9-20-13-14(2)3/h6-7,11,14,18H,5,8-10,12-13H2,1-4H3. The van der Waals surface area contributed by atoms with E-state index in [0.717, 1.165) is 43.2 Å². The molecule has 0 spiro atoms. The zero-order chi connectivity index (χ0) is 15.5. The fourth-order valence-corrected chi connectivity index (χ4v) is 1.87. The second-order valence-corrected chi connectivity index (χ2v) is 5.47. The van der Waals surface area contributed by atoms with Gasteiger partial charge in [0.25, 0.3) is 0 Å². The summed E-state index contributed by atoms with van der Waals surface area (Å²) in [7, 11) is 1.67. The Kier molecular flexibility index (Phi) is 8.87. The Hall–Kier alpha value is -1.26. The van der Waals surface area contributed by atoms with Crippen LogP contribution >= 0.6 is 0 Å². The number of methoxy groups -OCH3 is 1. The summed E-state index contributed by atoms with van der Waals surface area (Å²) in [5, 5.41) is 3.39. The summed E-state index contributed by atoms with van der Waals surface area (Å²) in [5.74, 6) is 2.23. The smallest absolute Gasteiger partial charge is 0.127 e. The molecule has 0 fully saturated rings. The van der Waals surface area contributed by atoms with Gasteiger partial charge in [-0.15, -0.1) is 0 Å². The summed E-state index contributed by atoms with van der Waals surface area (Å²) in [4.78, 5) is 0. The normalized spacial score (nSPS) is 10.9. The molecule has 1 aromatic carbocycles. The molecule has 1 N–H and O–H groups in total. The summed E-state index contributed by atoms with van der Waals surface area (Å²) in [6, 6.07) is 5.95. The van der Waals surface area contributed by atoms with Crippen LogP contribution in [-0.2, 0) is 11.3 Å². The molecule has 0 amide bonds. The van der Waals surface area contributed by atoms with Crippen molar-refractivity contribution in [1.82, 2.24) is 5.32 Å². The van der Waals surface area contributed by atoms with Gasteiger partial charge in [-0.3, -0.25) is 0 Å². The molecule has 0 saturated carbocycles. The second-order valence-electron chi connectivity index (χ2n) is 5.47. The van der Waals surface area contributed by atoms with Gasteiger partial charge >= 0.3 is 0 Å². The Balaban J connectivity index is 2.51. The van der Waals surface area contributed by atoms with E-state index in [1.807, 2.05) is 18.2 Å². The van der Waals surface area contributed by atoms with Crippen LogP contribution in [0.5, 0.6) is 11.5 Å². The lowest BCUT2D eigenvalue weighted by atomic mass is 10.2. The van der Waals surface area contributed by atoms with Crippen molar-refractivity contribution in [3.8, 4) is 11.5 Å². The molecule has 0 aliphatic carbocycles. The van der Waals surface area contributed by atoms with E-state index in [9.17, 15) is 0 Å². The summed E-state index contributed by atoms with van der Waals surface area (Å²) < 4.78 is 16.6. The summed E-state index contributed by atoms with van der Waals surface area (Å²) in [6.07, 6.45) is 1.12. The molecular formula is C17H29NO3. The summed E-state index contributed by atoms with van der Waals surface area (Å²) in [5.41, 5.74) is 1.15. The van der Waals surface area contributed by atoms with Crippen molar-refractivity contribution in [2.75, 3.05) is 33.5 Å². The Labute approximate surface area is 128 Å². The highest BCUT2D eigenvalue weighted by Crippen LogP contribution is 2.24. The van der Waals surface area contributed by atoms with Gasteiger partial charge in [0.1, 0.15) is 18.1 Å². The van der Waals surface area contributed by atoms with Gasteiger partial charge in [-0.1, -0.05) is 26.8 Å². The molecule has 0 saturated heterocycles. The average molecular weight is 295 g/mol. The molecular weight excluding hydrogens is 266 g/mol. The maximum Gasteiger partial charge on any atom is 0.127 e. The Morgan fingerprint density at radius 2 is 2.00 bits per heavy atom. The van der Waals surface area contributed by atoms with Gasteiger partial charge in [-0.05, 0) is 24.9 Å². The van der Waals surface area contributed by atoms with Crippen LogP contribution in [-0.4, -0.2) is 33.5 Å². The number of benzene rings is 1. The third kappa shape index (κ3) is 7.34. The molecule has 4 nitrogen and oxygen atoms in total. The van der Waals surface area contributed by atoms with Crippen molar-refractivity contribution in [2.45, 2.75) is 33.7 Å². The fourth-order valence-electron chi connectivity index (χ4n) is 1.87. The van der Waals surface area contributed by atoms with Gasteiger partial charge in [0.15, 0.2) is 0 Å². The first kappa shape index (κ1) is 17.8. The largest absolute Gasteiger partial charge is 0.497 e. The number of ether oxygens (including phenoxy) is 3. The SMILES string of the molecule is CCCNCc1ccc(OC)cc1OCCOCC(C)C.